The molecule has 2 heteroatoms. The van der Waals surface area contributed by atoms with E-state index in [1.54, 1.807) is 0 Å². The second kappa shape index (κ2) is 4.93. The molecule has 1 aromatic rings. The molecule has 2 rings (SSSR count). The summed E-state index contributed by atoms with van der Waals surface area (Å²) in [5.41, 5.74) is 4.52. The van der Waals surface area contributed by atoms with Gasteiger partial charge in [-0.15, -0.1) is 0 Å². The maximum absolute atomic E-state index is 3.47. The molecule has 0 bridgehead atoms. The molecule has 1 N–H and O–H groups in total. The quantitative estimate of drug-likeness (QED) is 0.881. The molecule has 0 spiro atoms. The topological polar surface area (TPSA) is 15.3 Å². The number of aryl methyl sites for hydroxylation is 2. The van der Waals surface area contributed by atoms with E-state index in [1.807, 2.05) is 0 Å². The Kier molecular flexibility index (Phi) is 3.67. The highest BCUT2D eigenvalue weighted by Gasteiger charge is 2.41. The number of likely N-dealkylation sites (N-methyl/N-ethyl adjacent to an activating group) is 1. The lowest BCUT2D eigenvalue weighted by Crippen LogP contribution is -2.50. The molecule has 1 aromatic carbocycles. The second-order valence-corrected chi connectivity index (χ2v) is 5.87. The number of hydrogen-bond donors (Lipinski definition) is 1. The molecular weight excluding hydrogens is 220 g/mol. The fourth-order valence-electron chi connectivity index (χ4n) is 3.38. The molecule has 18 heavy (non-hydrogen) atoms. The fraction of sp³-hybridized carbons (Fsp3) is 0.625. The number of anilines is 1. The maximum atomic E-state index is 3.47. The second-order valence-electron chi connectivity index (χ2n) is 5.87. The van der Waals surface area contributed by atoms with Crippen LogP contribution in [0.2, 0.25) is 0 Å². The SMILES string of the molecule is CCc1cccc(C)c1N1CCC(NC)C1(C)C. The monoisotopic (exact) mass is 246 g/mol. The third-order valence-corrected chi connectivity index (χ3v) is 4.51. The molecule has 1 aliphatic rings. The minimum atomic E-state index is 0.185. The van der Waals surface area contributed by atoms with E-state index in [0.717, 1.165) is 13.0 Å². The summed E-state index contributed by atoms with van der Waals surface area (Å²) >= 11 is 0. The molecule has 1 atom stereocenters. The van der Waals surface area contributed by atoms with Crippen molar-refractivity contribution in [3.8, 4) is 0 Å². The summed E-state index contributed by atoms with van der Waals surface area (Å²) in [5, 5.41) is 3.47. The van der Waals surface area contributed by atoms with Gasteiger partial charge < -0.3 is 10.2 Å². The van der Waals surface area contributed by atoms with E-state index in [2.05, 4.69) is 63.2 Å². The molecule has 1 heterocycles. The lowest BCUT2D eigenvalue weighted by Gasteiger charge is -2.39. The average molecular weight is 246 g/mol. The van der Waals surface area contributed by atoms with E-state index in [1.165, 1.54) is 23.2 Å². The lowest BCUT2D eigenvalue weighted by atomic mass is 9.94. The largest absolute Gasteiger partial charge is 0.364 e. The van der Waals surface area contributed by atoms with Crippen LogP contribution in [0.5, 0.6) is 0 Å². The Bertz CT molecular complexity index is 423. The van der Waals surface area contributed by atoms with Crippen LogP contribution in [0.4, 0.5) is 5.69 Å². The Morgan fingerprint density at radius 2 is 2.11 bits per heavy atom. The van der Waals surface area contributed by atoms with Gasteiger partial charge in [0.15, 0.2) is 0 Å². The number of hydrogen-bond acceptors (Lipinski definition) is 2. The van der Waals surface area contributed by atoms with E-state index in [-0.39, 0.29) is 5.54 Å². The van der Waals surface area contributed by atoms with Crippen LogP contribution in [-0.4, -0.2) is 25.2 Å². The van der Waals surface area contributed by atoms with Gasteiger partial charge in [-0.1, -0.05) is 25.1 Å². The normalized spacial score (nSPS) is 22.5. The molecule has 2 nitrogen and oxygen atoms in total. The van der Waals surface area contributed by atoms with Crippen molar-refractivity contribution in [2.75, 3.05) is 18.5 Å². The standard InChI is InChI=1S/C16H26N2/c1-6-13-9-7-8-12(2)15(13)18-11-10-14(17-5)16(18,3)4/h7-9,14,17H,6,10-11H2,1-5H3. The van der Waals surface area contributed by atoms with E-state index in [4.69, 9.17) is 0 Å². The van der Waals surface area contributed by atoms with Crippen molar-refractivity contribution in [2.24, 2.45) is 0 Å². The predicted octanol–water partition coefficient (Wildman–Crippen LogP) is 3.13. The van der Waals surface area contributed by atoms with Crippen molar-refractivity contribution in [3.05, 3.63) is 29.3 Å². The smallest absolute Gasteiger partial charge is 0.0499 e. The predicted molar refractivity (Wildman–Crippen MR) is 79.4 cm³/mol. The van der Waals surface area contributed by atoms with Gasteiger partial charge in [-0.2, -0.15) is 0 Å². The van der Waals surface area contributed by atoms with Crippen molar-refractivity contribution in [3.63, 3.8) is 0 Å². The van der Waals surface area contributed by atoms with Gasteiger partial charge in [0.1, 0.15) is 0 Å². The van der Waals surface area contributed by atoms with Gasteiger partial charge in [-0.25, -0.2) is 0 Å². The Labute approximate surface area is 111 Å². The summed E-state index contributed by atoms with van der Waals surface area (Å²) in [6.45, 7) is 10.3. The zero-order valence-corrected chi connectivity index (χ0v) is 12.4. The van der Waals surface area contributed by atoms with Gasteiger partial charge in [-0.05, 0) is 51.8 Å². The Morgan fingerprint density at radius 3 is 2.67 bits per heavy atom. The van der Waals surface area contributed by atoms with Crippen LogP contribution < -0.4 is 10.2 Å². The molecule has 0 saturated carbocycles. The van der Waals surface area contributed by atoms with Gasteiger partial charge >= 0.3 is 0 Å². The molecular formula is C16H26N2. The zero-order valence-electron chi connectivity index (χ0n) is 12.4. The maximum Gasteiger partial charge on any atom is 0.0499 e. The molecule has 0 amide bonds. The van der Waals surface area contributed by atoms with Crippen LogP contribution in [-0.2, 0) is 6.42 Å². The summed E-state index contributed by atoms with van der Waals surface area (Å²) in [6, 6.07) is 7.25. The molecule has 1 unspecified atom stereocenters. The number of nitrogens with one attached hydrogen (secondary N) is 1. The first-order valence-corrected chi connectivity index (χ1v) is 7.05. The van der Waals surface area contributed by atoms with Gasteiger partial charge in [0.2, 0.25) is 0 Å². The summed E-state index contributed by atoms with van der Waals surface area (Å²) in [6.07, 6.45) is 2.33. The Balaban J connectivity index is 2.44. The molecule has 1 aliphatic heterocycles. The van der Waals surface area contributed by atoms with Crippen molar-refractivity contribution >= 4 is 5.69 Å². The number of para-hydroxylation sites is 1. The van der Waals surface area contributed by atoms with E-state index in [0.29, 0.717) is 6.04 Å². The van der Waals surface area contributed by atoms with Crippen molar-refractivity contribution in [1.82, 2.24) is 5.32 Å². The van der Waals surface area contributed by atoms with Crippen LogP contribution in [0.3, 0.4) is 0 Å². The number of rotatable bonds is 3. The molecule has 1 saturated heterocycles. The van der Waals surface area contributed by atoms with Gasteiger partial charge in [-0.3, -0.25) is 0 Å². The van der Waals surface area contributed by atoms with Crippen LogP contribution in [0.15, 0.2) is 18.2 Å². The molecule has 0 aliphatic carbocycles. The fourth-order valence-corrected chi connectivity index (χ4v) is 3.38. The Morgan fingerprint density at radius 1 is 1.39 bits per heavy atom. The summed E-state index contributed by atoms with van der Waals surface area (Å²) in [7, 11) is 2.08. The summed E-state index contributed by atoms with van der Waals surface area (Å²) < 4.78 is 0. The number of nitrogens with zero attached hydrogens (tertiary/aromatic N) is 1. The van der Waals surface area contributed by atoms with Crippen LogP contribution in [0.1, 0.15) is 38.3 Å². The van der Waals surface area contributed by atoms with E-state index < -0.39 is 0 Å². The highest BCUT2D eigenvalue weighted by atomic mass is 15.3. The van der Waals surface area contributed by atoms with E-state index >= 15 is 0 Å². The first kappa shape index (κ1) is 13.4. The lowest BCUT2D eigenvalue weighted by molar-refractivity contribution is 0.402. The molecule has 0 radical (unpaired) electrons. The van der Waals surface area contributed by atoms with Crippen LogP contribution in [0.25, 0.3) is 0 Å². The van der Waals surface area contributed by atoms with Crippen LogP contribution in [0, 0.1) is 6.92 Å². The van der Waals surface area contributed by atoms with Gasteiger partial charge in [0, 0.05) is 23.8 Å². The van der Waals surface area contributed by atoms with Gasteiger partial charge in [0.25, 0.3) is 0 Å². The van der Waals surface area contributed by atoms with E-state index in [9.17, 15) is 0 Å². The number of benzene rings is 1. The van der Waals surface area contributed by atoms with Gasteiger partial charge in [0.05, 0.1) is 0 Å². The van der Waals surface area contributed by atoms with Crippen molar-refractivity contribution in [1.29, 1.82) is 0 Å². The zero-order chi connectivity index (χ0) is 13.3. The first-order valence-electron chi connectivity index (χ1n) is 7.05. The average Bonchev–Trinajstić information content (AvgIpc) is 2.63. The van der Waals surface area contributed by atoms with Crippen molar-refractivity contribution in [2.45, 2.75) is 52.1 Å². The highest BCUT2D eigenvalue weighted by molar-refractivity contribution is 5.62. The Hall–Kier alpha value is -1.02. The first-order chi connectivity index (χ1) is 8.52. The molecule has 100 valence electrons. The molecule has 1 fully saturated rings. The van der Waals surface area contributed by atoms with Crippen LogP contribution >= 0.6 is 0 Å². The summed E-state index contributed by atoms with van der Waals surface area (Å²) in [5.74, 6) is 0. The highest BCUT2D eigenvalue weighted by Crippen LogP contribution is 2.37. The minimum Gasteiger partial charge on any atom is -0.364 e. The summed E-state index contributed by atoms with van der Waals surface area (Å²) in [4.78, 5) is 2.60. The minimum absolute atomic E-state index is 0.185. The molecule has 0 aromatic heterocycles. The third kappa shape index (κ3) is 2.03. The third-order valence-electron chi connectivity index (χ3n) is 4.51. The van der Waals surface area contributed by atoms with Crippen molar-refractivity contribution < 1.29 is 0 Å².